The molecule has 0 aliphatic heterocycles. The van der Waals surface area contributed by atoms with Crippen molar-refractivity contribution in [3.8, 4) is 0 Å². The molecule has 20 heavy (non-hydrogen) atoms. The highest BCUT2D eigenvalue weighted by Crippen LogP contribution is 2.36. The minimum Gasteiger partial charge on any atom is -0.468 e. The van der Waals surface area contributed by atoms with Gasteiger partial charge in [-0.15, -0.1) is 0 Å². The fraction of sp³-hybridized carbons (Fsp3) is 0.625. The monoisotopic (exact) mass is 293 g/mol. The van der Waals surface area contributed by atoms with E-state index in [9.17, 15) is 4.79 Å². The van der Waals surface area contributed by atoms with Crippen molar-refractivity contribution < 1.29 is 9.53 Å². The van der Waals surface area contributed by atoms with Crippen LogP contribution in [0.1, 0.15) is 39.0 Å². The molecule has 0 amide bonds. The number of hydrogen-bond donors (Lipinski definition) is 0. The number of rotatable bonds is 5. The third-order valence-electron chi connectivity index (χ3n) is 4.17. The first-order valence-electron chi connectivity index (χ1n) is 7.36. The van der Waals surface area contributed by atoms with E-state index in [1.165, 1.54) is 44.6 Å². The predicted molar refractivity (Wildman–Crippen MR) is 81.6 cm³/mol. The second kappa shape index (κ2) is 7.67. The van der Waals surface area contributed by atoms with Crippen LogP contribution in [-0.2, 0) is 9.53 Å². The van der Waals surface area contributed by atoms with E-state index in [0.717, 1.165) is 11.4 Å². The third kappa shape index (κ3) is 4.23. The first kappa shape index (κ1) is 15.4. The van der Waals surface area contributed by atoms with Crippen molar-refractivity contribution in [1.82, 2.24) is 4.98 Å². The normalized spacial score (nSPS) is 24.1. The molecule has 4 heteroatoms. The lowest BCUT2D eigenvalue weighted by Gasteiger charge is -2.30. The van der Waals surface area contributed by atoms with Gasteiger partial charge in [0.2, 0.25) is 0 Å². The number of carbonyl (C=O) groups excluding carboxylic acids is 1. The molecular formula is C16H23NO2S. The lowest BCUT2D eigenvalue weighted by Crippen LogP contribution is -2.27. The molecule has 0 N–H and O–H groups in total. The van der Waals surface area contributed by atoms with Crippen LogP contribution < -0.4 is 0 Å². The summed E-state index contributed by atoms with van der Waals surface area (Å²) in [6.07, 6.45) is 7.80. The molecule has 110 valence electrons. The van der Waals surface area contributed by atoms with Crippen molar-refractivity contribution in [3.05, 3.63) is 24.4 Å². The molecule has 0 aromatic carbocycles. The number of ether oxygens (including phenoxy) is 1. The Balaban J connectivity index is 2.01. The lowest BCUT2D eigenvalue weighted by atomic mass is 9.78. The van der Waals surface area contributed by atoms with Gasteiger partial charge >= 0.3 is 5.97 Å². The molecule has 0 radical (unpaired) electrons. The summed E-state index contributed by atoms with van der Waals surface area (Å²) < 4.78 is 4.97. The van der Waals surface area contributed by atoms with Gasteiger partial charge in [0.15, 0.2) is 0 Å². The molecule has 2 rings (SSSR count). The van der Waals surface area contributed by atoms with Crippen LogP contribution in [0.15, 0.2) is 29.4 Å². The summed E-state index contributed by atoms with van der Waals surface area (Å²) in [5.41, 5.74) is 0. The smallest absolute Gasteiger partial charge is 0.319 e. The number of carbonyl (C=O) groups is 1. The van der Waals surface area contributed by atoms with Gasteiger partial charge in [-0.1, -0.05) is 50.4 Å². The maximum Gasteiger partial charge on any atom is 0.319 e. The number of pyridine rings is 1. The van der Waals surface area contributed by atoms with Gasteiger partial charge in [0.05, 0.1) is 12.1 Å². The van der Waals surface area contributed by atoms with Gasteiger partial charge in [-0.25, -0.2) is 4.98 Å². The summed E-state index contributed by atoms with van der Waals surface area (Å²) in [4.78, 5) is 16.3. The first-order valence-corrected chi connectivity index (χ1v) is 8.24. The molecule has 0 bridgehead atoms. The van der Waals surface area contributed by atoms with Crippen LogP contribution in [0.3, 0.4) is 0 Å². The van der Waals surface area contributed by atoms with E-state index in [1.54, 1.807) is 6.20 Å². The van der Waals surface area contributed by atoms with Gasteiger partial charge < -0.3 is 4.74 Å². The maximum atomic E-state index is 12.0. The standard InChI is InChI=1S/C16H23NO2S/c1-12-7-3-4-8-13(12)11-14(16(18)19-2)20-15-9-5-6-10-17-15/h5-6,9-10,12-14H,3-4,7-8,11H2,1-2H3/t12-,13+,14?/m1/s1. The second-order valence-corrected chi connectivity index (χ2v) is 6.78. The van der Waals surface area contributed by atoms with Crippen LogP contribution in [0.5, 0.6) is 0 Å². The molecule has 1 aromatic heterocycles. The van der Waals surface area contributed by atoms with Crippen LogP contribution in [0.25, 0.3) is 0 Å². The molecule has 3 atom stereocenters. The molecule has 1 aliphatic rings. The zero-order valence-corrected chi connectivity index (χ0v) is 13.1. The fourth-order valence-corrected chi connectivity index (χ4v) is 4.01. The molecular weight excluding hydrogens is 270 g/mol. The predicted octanol–water partition coefficient (Wildman–Crippen LogP) is 3.93. The highest BCUT2D eigenvalue weighted by atomic mass is 32.2. The molecule has 3 nitrogen and oxygen atoms in total. The van der Waals surface area contributed by atoms with E-state index in [-0.39, 0.29) is 11.2 Å². The molecule has 1 aromatic rings. The quantitative estimate of drug-likeness (QED) is 0.609. The summed E-state index contributed by atoms with van der Waals surface area (Å²) in [7, 11) is 1.47. The highest BCUT2D eigenvalue weighted by Gasteiger charge is 2.29. The van der Waals surface area contributed by atoms with Crippen LogP contribution in [-0.4, -0.2) is 23.3 Å². The van der Waals surface area contributed by atoms with Crippen LogP contribution in [0, 0.1) is 11.8 Å². The van der Waals surface area contributed by atoms with Gasteiger partial charge in [-0.2, -0.15) is 0 Å². The number of thioether (sulfide) groups is 1. The van der Waals surface area contributed by atoms with Gasteiger partial charge in [-0.3, -0.25) is 4.79 Å². The van der Waals surface area contributed by atoms with Crippen molar-refractivity contribution in [3.63, 3.8) is 0 Å². The van der Waals surface area contributed by atoms with Gasteiger partial charge in [0.1, 0.15) is 5.25 Å². The fourth-order valence-electron chi connectivity index (χ4n) is 2.90. The summed E-state index contributed by atoms with van der Waals surface area (Å²) in [5, 5.41) is 0.756. The number of aromatic nitrogens is 1. The average Bonchev–Trinajstić information content (AvgIpc) is 2.49. The minimum atomic E-state index is -0.138. The largest absolute Gasteiger partial charge is 0.468 e. The lowest BCUT2D eigenvalue weighted by molar-refractivity contribution is -0.140. The first-order chi connectivity index (χ1) is 9.70. The van der Waals surface area contributed by atoms with Gasteiger partial charge in [-0.05, 0) is 30.4 Å². The van der Waals surface area contributed by atoms with E-state index >= 15 is 0 Å². The number of hydrogen-bond acceptors (Lipinski definition) is 4. The van der Waals surface area contributed by atoms with Crippen molar-refractivity contribution in [2.45, 2.75) is 49.3 Å². The van der Waals surface area contributed by atoms with E-state index in [0.29, 0.717) is 11.8 Å². The maximum absolute atomic E-state index is 12.0. The Kier molecular flexibility index (Phi) is 5.89. The van der Waals surface area contributed by atoms with E-state index in [1.807, 2.05) is 18.2 Å². The van der Waals surface area contributed by atoms with Crippen LogP contribution >= 0.6 is 11.8 Å². The van der Waals surface area contributed by atoms with E-state index in [4.69, 9.17) is 4.74 Å². The molecule has 1 saturated carbocycles. The van der Waals surface area contributed by atoms with Crippen molar-refractivity contribution >= 4 is 17.7 Å². The Morgan fingerprint density at radius 1 is 1.45 bits per heavy atom. The Morgan fingerprint density at radius 3 is 2.90 bits per heavy atom. The third-order valence-corrected chi connectivity index (χ3v) is 5.32. The van der Waals surface area contributed by atoms with E-state index in [2.05, 4.69) is 11.9 Å². The highest BCUT2D eigenvalue weighted by molar-refractivity contribution is 8.00. The van der Waals surface area contributed by atoms with Gasteiger partial charge in [0.25, 0.3) is 0 Å². The molecule has 1 unspecified atom stereocenters. The Hall–Kier alpha value is -1.03. The molecule has 1 aliphatic carbocycles. The van der Waals surface area contributed by atoms with Crippen LogP contribution in [0.4, 0.5) is 0 Å². The zero-order chi connectivity index (χ0) is 14.4. The molecule has 0 saturated heterocycles. The van der Waals surface area contributed by atoms with Crippen molar-refractivity contribution in [2.24, 2.45) is 11.8 Å². The number of methoxy groups -OCH3 is 1. The summed E-state index contributed by atoms with van der Waals surface area (Å²) in [6, 6.07) is 5.79. The van der Waals surface area contributed by atoms with Crippen molar-refractivity contribution in [2.75, 3.05) is 7.11 Å². The molecule has 0 spiro atoms. The van der Waals surface area contributed by atoms with Crippen LogP contribution in [0.2, 0.25) is 0 Å². The zero-order valence-electron chi connectivity index (χ0n) is 12.2. The van der Waals surface area contributed by atoms with E-state index < -0.39 is 0 Å². The minimum absolute atomic E-state index is 0.126. The van der Waals surface area contributed by atoms with Gasteiger partial charge in [0, 0.05) is 6.20 Å². The number of nitrogens with zero attached hydrogens (tertiary/aromatic N) is 1. The molecule has 1 fully saturated rings. The summed E-state index contributed by atoms with van der Waals surface area (Å²) in [6.45, 7) is 2.31. The Bertz CT molecular complexity index is 424. The Labute approximate surface area is 125 Å². The average molecular weight is 293 g/mol. The molecule has 1 heterocycles. The second-order valence-electron chi connectivity index (χ2n) is 5.56. The summed E-state index contributed by atoms with van der Waals surface area (Å²) >= 11 is 1.53. The number of esters is 1. The Morgan fingerprint density at radius 2 is 2.25 bits per heavy atom. The summed E-state index contributed by atoms with van der Waals surface area (Å²) in [5.74, 6) is 1.21. The topological polar surface area (TPSA) is 39.2 Å². The van der Waals surface area contributed by atoms with Crippen molar-refractivity contribution in [1.29, 1.82) is 0 Å². The SMILES string of the molecule is COC(=O)C(C[C@@H]1CCCC[C@H]1C)Sc1ccccn1.